The second-order valence-electron chi connectivity index (χ2n) is 4.07. The van der Waals surface area contributed by atoms with E-state index >= 15 is 0 Å². The molecule has 1 aliphatic rings. The van der Waals surface area contributed by atoms with Gasteiger partial charge in [-0.05, 0) is 48.0 Å². The molecule has 19 heavy (non-hydrogen) atoms. The minimum Gasteiger partial charge on any atom is -0.497 e. The second kappa shape index (κ2) is 5.02. The van der Waals surface area contributed by atoms with E-state index in [-0.39, 0.29) is 6.79 Å². The van der Waals surface area contributed by atoms with Gasteiger partial charge >= 0.3 is 0 Å². The summed E-state index contributed by atoms with van der Waals surface area (Å²) < 4.78 is 15.7. The summed E-state index contributed by atoms with van der Waals surface area (Å²) in [7, 11) is 1.64. The summed E-state index contributed by atoms with van der Waals surface area (Å²) in [6, 6.07) is 13.3. The average molecular weight is 255 g/mol. The van der Waals surface area contributed by atoms with E-state index in [0.29, 0.717) is 0 Å². The molecule has 0 atom stereocenters. The molecule has 0 aliphatic carbocycles. The van der Waals surface area contributed by atoms with Crippen molar-refractivity contribution in [3.8, 4) is 17.2 Å². The van der Waals surface area contributed by atoms with E-state index in [9.17, 15) is 0 Å². The molecule has 0 amide bonds. The molecule has 0 saturated heterocycles. The normalized spacial score (nSPS) is 12.9. The Labute approximate surface area is 111 Å². The minimum absolute atomic E-state index is 0.286. The molecule has 3 rings (SSSR count). The molecule has 0 N–H and O–H groups in total. The number of nitrogens with zero attached hydrogens (tertiary/aromatic N) is 1. The van der Waals surface area contributed by atoms with Crippen LogP contribution in [-0.4, -0.2) is 20.1 Å². The van der Waals surface area contributed by atoms with Crippen LogP contribution in [0.2, 0.25) is 0 Å². The zero-order valence-electron chi connectivity index (χ0n) is 10.5. The standard InChI is InChI=1S/C15H13NO3/c1-17-13-5-3-12(4-6-13)16-9-11-2-7-14-15(8-11)19-10-18-14/h2-9H,10H2,1H3. The molecule has 0 saturated carbocycles. The van der Waals surface area contributed by atoms with Gasteiger partial charge in [0.1, 0.15) is 5.75 Å². The first-order valence-electron chi connectivity index (χ1n) is 5.93. The van der Waals surface area contributed by atoms with Gasteiger partial charge in [0.2, 0.25) is 6.79 Å². The highest BCUT2D eigenvalue weighted by Crippen LogP contribution is 2.32. The Hall–Kier alpha value is -2.49. The van der Waals surface area contributed by atoms with Crippen LogP contribution in [0.1, 0.15) is 5.56 Å². The van der Waals surface area contributed by atoms with Gasteiger partial charge in [0.25, 0.3) is 0 Å². The Balaban J connectivity index is 1.78. The summed E-state index contributed by atoms with van der Waals surface area (Å²) in [5.74, 6) is 2.36. The first kappa shape index (κ1) is 11.6. The van der Waals surface area contributed by atoms with Crippen molar-refractivity contribution in [1.82, 2.24) is 0 Å². The first-order valence-corrected chi connectivity index (χ1v) is 5.93. The predicted molar refractivity (Wildman–Crippen MR) is 72.8 cm³/mol. The number of methoxy groups -OCH3 is 1. The number of fused-ring (bicyclic) bond motifs is 1. The zero-order valence-corrected chi connectivity index (χ0v) is 10.5. The van der Waals surface area contributed by atoms with Gasteiger partial charge in [-0.3, -0.25) is 4.99 Å². The third-order valence-corrected chi connectivity index (χ3v) is 2.83. The fourth-order valence-electron chi connectivity index (χ4n) is 1.81. The van der Waals surface area contributed by atoms with Gasteiger partial charge in [0, 0.05) is 6.21 Å². The lowest BCUT2D eigenvalue weighted by Gasteiger charge is -1.99. The molecule has 96 valence electrons. The summed E-state index contributed by atoms with van der Waals surface area (Å²) in [5, 5.41) is 0. The lowest BCUT2D eigenvalue weighted by atomic mass is 10.2. The number of rotatable bonds is 3. The maximum atomic E-state index is 5.32. The number of aliphatic imine (C=N–C) groups is 1. The highest BCUT2D eigenvalue weighted by Gasteiger charge is 2.12. The van der Waals surface area contributed by atoms with Crippen LogP contribution in [0.3, 0.4) is 0 Å². The van der Waals surface area contributed by atoms with E-state index in [4.69, 9.17) is 14.2 Å². The van der Waals surface area contributed by atoms with Gasteiger partial charge in [-0.15, -0.1) is 0 Å². The third kappa shape index (κ3) is 2.52. The highest BCUT2D eigenvalue weighted by atomic mass is 16.7. The molecule has 0 aromatic heterocycles. The topological polar surface area (TPSA) is 40.0 Å². The van der Waals surface area contributed by atoms with Gasteiger partial charge in [-0.25, -0.2) is 0 Å². The van der Waals surface area contributed by atoms with E-state index in [1.807, 2.05) is 42.5 Å². The van der Waals surface area contributed by atoms with Gasteiger partial charge < -0.3 is 14.2 Å². The van der Waals surface area contributed by atoms with E-state index < -0.39 is 0 Å². The summed E-state index contributed by atoms with van der Waals surface area (Å²) in [4.78, 5) is 4.40. The van der Waals surface area contributed by atoms with Crippen LogP contribution in [-0.2, 0) is 0 Å². The Morgan fingerprint density at radius 1 is 1.05 bits per heavy atom. The third-order valence-electron chi connectivity index (χ3n) is 2.83. The summed E-state index contributed by atoms with van der Waals surface area (Å²) in [6.45, 7) is 0.286. The molecule has 0 fully saturated rings. The van der Waals surface area contributed by atoms with Gasteiger partial charge in [0.15, 0.2) is 11.5 Å². The highest BCUT2D eigenvalue weighted by molar-refractivity contribution is 5.83. The van der Waals surface area contributed by atoms with Crippen LogP contribution in [0.4, 0.5) is 5.69 Å². The van der Waals surface area contributed by atoms with Gasteiger partial charge in [0.05, 0.1) is 12.8 Å². The Kier molecular flexibility index (Phi) is 3.06. The smallest absolute Gasteiger partial charge is 0.231 e. The fraction of sp³-hybridized carbons (Fsp3) is 0.133. The summed E-state index contributed by atoms with van der Waals surface area (Å²) in [5.41, 5.74) is 1.85. The van der Waals surface area contributed by atoms with Crippen molar-refractivity contribution < 1.29 is 14.2 Å². The first-order chi connectivity index (χ1) is 9.35. The summed E-state index contributed by atoms with van der Waals surface area (Å²) >= 11 is 0. The van der Waals surface area contributed by atoms with Crippen LogP contribution in [0.25, 0.3) is 0 Å². The molecule has 2 aromatic rings. The van der Waals surface area contributed by atoms with Crippen LogP contribution in [0.5, 0.6) is 17.2 Å². The van der Waals surface area contributed by atoms with Crippen LogP contribution in [0.15, 0.2) is 47.5 Å². The second-order valence-corrected chi connectivity index (χ2v) is 4.07. The zero-order chi connectivity index (χ0) is 13.1. The quantitative estimate of drug-likeness (QED) is 0.791. The molecule has 2 aromatic carbocycles. The van der Waals surface area contributed by atoms with Gasteiger partial charge in [-0.2, -0.15) is 0 Å². The number of hydrogen-bond donors (Lipinski definition) is 0. The molecule has 0 radical (unpaired) electrons. The molecule has 1 heterocycles. The lowest BCUT2D eigenvalue weighted by Crippen LogP contribution is -1.92. The Bertz CT molecular complexity index is 605. The maximum Gasteiger partial charge on any atom is 0.231 e. The molecule has 0 spiro atoms. The number of hydrogen-bond acceptors (Lipinski definition) is 4. The number of benzene rings is 2. The van der Waals surface area contributed by atoms with E-state index in [2.05, 4.69) is 4.99 Å². The van der Waals surface area contributed by atoms with Crippen LogP contribution in [0, 0.1) is 0 Å². The Morgan fingerprint density at radius 3 is 2.63 bits per heavy atom. The van der Waals surface area contributed by atoms with Crippen molar-refractivity contribution in [2.45, 2.75) is 0 Å². The van der Waals surface area contributed by atoms with Crippen LogP contribution >= 0.6 is 0 Å². The van der Waals surface area contributed by atoms with Crippen LogP contribution < -0.4 is 14.2 Å². The van der Waals surface area contributed by atoms with Crippen molar-refractivity contribution in [2.24, 2.45) is 4.99 Å². The minimum atomic E-state index is 0.286. The molecule has 4 nitrogen and oxygen atoms in total. The van der Waals surface area contributed by atoms with E-state index in [1.165, 1.54) is 0 Å². The summed E-state index contributed by atoms with van der Waals surface area (Å²) in [6.07, 6.45) is 1.80. The van der Waals surface area contributed by atoms with E-state index in [1.54, 1.807) is 13.3 Å². The van der Waals surface area contributed by atoms with Crippen molar-refractivity contribution in [2.75, 3.05) is 13.9 Å². The molecular weight excluding hydrogens is 242 g/mol. The SMILES string of the molecule is COc1ccc(N=Cc2ccc3c(c2)OCO3)cc1. The largest absolute Gasteiger partial charge is 0.497 e. The van der Waals surface area contributed by atoms with Crippen molar-refractivity contribution in [3.63, 3.8) is 0 Å². The average Bonchev–Trinajstić information content (AvgIpc) is 2.93. The van der Waals surface area contributed by atoms with E-state index in [0.717, 1.165) is 28.5 Å². The lowest BCUT2D eigenvalue weighted by molar-refractivity contribution is 0.174. The molecule has 1 aliphatic heterocycles. The predicted octanol–water partition coefficient (Wildman–Crippen LogP) is 3.17. The van der Waals surface area contributed by atoms with Crippen molar-refractivity contribution in [3.05, 3.63) is 48.0 Å². The Morgan fingerprint density at radius 2 is 1.84 bits per heavy atom. The maximum absolute atomic E-state index is 5.32. The van der Waals surface area contributed by atoms with Gasteiger partial charge in [-0.1, -0.05) is 0 Å². The molecule has 0 bridgehead atoms. The monoisotopic (exact) mass is 255 g/mol. The van der Waals surface area contributed by atoms with Crippen molar-refractivity contribution >= 4 is 11.9 Å². The number of ether oxygens (including phenoxy) is 3. The molecule has 0 unspecified atom stereocenters. The fourth-order valence-corrected chi connectivity index (χ4v) is 1.81. The molecular formula is C15H13NO3. The van der Waals surface area contributed by atoms with Crippen molar-refractivity contribution in [1.29, 1.82) is 0 Å². The molecule has 4 heteroatoms.